The van der Waals surface area contributed by atoms with E-state index in [1.807, 2.05) is 28.8 Å². The number of ether oxygens (including phenoxy) is 2. The number of thiazole rings is 1. The smallest absolute Gasteiger partial charge is 0.312 e. The van der Waals surface area contributed by atoms with Gasteiger partial charge in [0.15, 0.2) is 16.5 Å². The molecule has 2 aromatic heterocycles. The highest BCUT2D eigenvalue weighted by atomic mass is 32.1. The minimum absolute atomic E-state index is 0.241. The van der Waals surface area contributed by atoms with Crippen molar-refractivity contribution in [3.63, 3.8) is 0 Å². The van der Waals surface area contributed by atoms with Crippen LogP contribution in [0.5, 0.6) is 11.5 Å². The molecular formula is C16H12N2O4S. The van der Waals surface area contributed by atoms with Gasteiger partial charge in [-0.1, -0.05) is 0 Å². The lowest BCUT2D eigenvalue weighted by molar-refractivity contribution is -0.138. The van der Waals surface area contributed by atoms with E-state index in [1.165, 1.54) is 0 Å². The van der Waals surface area contributed by atoms with Gasteiger partial charge in [-0.2, -0.15) is 0 Å². The van der Waals surface area contributed by atoms with Crippen molar-refractivity contribution in [2.45, 2.75) is 18.8 Å². The molecule has 2 aliphatic rings. The zero-order chi connectivity index (χ0) is 15.6. The predicted octanol–water partition coefficient (Wildman–Crippen LogP) is 2.91. The van der Waals surface area contributed by atoms with Crippen LogP contribution in [0.25, 0.3) is 16.2 Å². The molecule has 23 heavy (non-hydrogen) atoms. The van der Waals surface area contributed by atoms with Crippen LogP contribution in [0.2, 0.25) is 0 Å². The molecular weight excluding hydrogens is 316 g/mol. The SMILES string of the molecule is O=C(O)C1CCc2sc3nc(-c4ccc5c(c4)OCO5)cn3c21. The highest BCUT2D eigenvalue weighted by molar-refractivity contribution is 7.17. The van der Waals surface area contributed by atoms with Gasteiger partial charge >= 0.3 is 5.97 Å². The molecule has 1 aromatic carbocycles. The third-order valence-corrected chi connectivity index (χ3v) is 5.52. The van der Waals surface area contributed by atoms with Crippen LogP contribution < -0.4 is 9.47 Å². The molecule has 7 heteroatoms. The quantitative estimate of drug-likeness (QED) is 0.783. The van der Waals surface area contributed by atoms with Gasteiger partial charge in [0, 0.05) is 16.6 Å². The molecule has 0 bridgehead atoms. The molecule has 3 heterocycles. The van der Waals surface area contributed by atoms with Gasteiger partial charge in [-0.05, 0) is 31.0 Å². The molecule has 0 saturated carbocycles. The van der Waals surface area contributed by atoms with Gasteiger partial charge in [0.1, 0.15) is 0 Å². The molecule has 116 valence electrons. The number of aryl methyl sites for hydroxylation is 1. The summed E-state index contributed by atoms with van der Waals surface area (Å²) < 4.78 is 12.7. The summed E-state index contributed by atoms with van der Waals surface area (Å²) in [5, 5.41) is 9.41. The van der Waals surface area contributed by atoms with Crippen LogP contribution in [0.4, 0.5) is 0 Å². The first-order valence-corrected chi connectivity index (χ1v) is 8.16. The number of hydrogen-bond donors (Lipinski definition) is 1. The molecule has 1 unspecified atom stereocenters. The molecule has 0 spiro atoms. The largest absolute Gasteiger partial charge is 0.481 e. The zero-order valence-electron chi connectivity index (χ0n) is 12.0. The molecule has 1 N–H and O–H groups in total. The summed E-state index contributed by atoms with van der Waals surface area (Å²) in [5.41, 5.74) is 2.63. The van der Waals surface area contributed by atoms with E-state index in [-0.39, 0.29) is 6.79 Å². The standard InChI is InChI=1S/C16H12N2O4S/c19-15(20)9-2-4-13-14(9)18-6-10(17-16(18)23-13)8-1-3-11-12(5-8)22-7-21-11/h1,3,5-6,9H,2,4,7H2,(H,19,20). The summed E-state index contributed by atoms with van der Waals surface area (Å²) in [4.78, 5) is 18.1. The topological polar surface area (TPSA) is 73.1 Å². The lowest BCUT2D eigenvalue weighted by Gasteiger charge is -2.03. The second kappa shape index (κ2) is 4.48. The van der Waals surface area contributed by atoms with E-state index in [1.54, 1.807) is 11.3 Å². The minimum atomic E-state index is -0.762. The summed E-state index contributed by atoms with van der Waals surface area (Å²) in [6.45, 7) is 0.241. The van der Waals surface area contributed by atoms with Gasteiger partial charge in [-0.15, -0.1) is 11.3 Å². The fourth-order valence-corrected chi connectivity index (χ4v) is 4.47. The molecule has 1 atom stereocenters. The number of imidazole rings is 1. The lowest BCUT2D eigenvalue weighted by Crippen LogP contribution is -2.09. The lowest BCUT2D eigenvalue weighted by atomic mass is 10.1. The van der Waals surface area contributed by atoms with Crippen LogP contribution in [0.3, 0.4) is 0 Å². The Labute approximate surface area is 134 Å². The third kappa shape index (κ3) is 1.80. The normalized spacial score (nSPS) is 18.5. The second-order valence-electron chi connectivity index (χ2n) is 5.69. The molecule has 5 rings (SSSR count). The van der Waals surface area contributed by atoms with E-state index in [4.69, 9.17) is 9.47 Å². The molecule has 1 aliphatic carbocycles. The van der Waals surface area contributed by atoms with Gasteiger partial charge in [-0.3, -0.25) is 9.20 Å². The van der Waals surface area contributed by atoms with Gasteiger partial charge in [0.05, 0.1) is 17.3 Å². The Morgan fingerprint density at radius 2 is 2.22 bits per heavy atom. The number of aromatic nitrogens is 2. The number of hydrogen-bond acceptors (Lipinski definition) is 5. The number of carboxylic acid groups (broad SMARTS) is 1. The van der Waals surface area contributed by atoms with E-state index in [9.17, 15) is 9.90 Å². The Morgan fingerprint density at radius 3 is 3.09 bits per heavy atom. The number of carbonyl (C=O) groups is 1. The number of nitrogens with zero attached hydrogens (tertiary/aromatic N) is 2. The monoisotopic (exact) mass is 328 g/mol. The van der Waals surface area contributed by atoms with Gasteiger partial charge in [-0.25, -0.2) is 4.98 Å². The van der Waals surface area contributed by atoms with Crippen molar-refractivity contribution in [3.8, 4) is 22.8 Å². The Balaban J connectivity index is 1.63. The fourth-order valence-electron chi connectivity index (χ4n) is 3.29. The summed E-state index contributed by atoms with van der Waals surface area (Å²) >= 11 is 1.58. The van der Waals surface area contributed by atoms with Gasteiger partial charge < -0.3 is 14.6 Å². The van der Waals surface area contributed by atoms with Gasteiger partial charge in [0.2, 0.25) is 6.79 Å². The molecule has 6 nitrogen and oxygen atoms in total. The van der Waals surface area contributed by atoms with Crippen molar-refractivity contribution >= 4 is 22.3 Å². The number of rotatable bonds is 2. The summed E-state index contributed by atoms with van der Waals surface area (Å²) in [6, 6.07) is 5.72. The van der Waals surface area contributed by atoms with E-state index >= 15 is 0 Å². The molecule has 1 aliphatic heterocycles. The number of aliphatic carboxylic acids is 1. The first-order chi connectivity index (χ1) is 11.2. The zero-order valence-corrected chi connectivity index (χ0v) is 12.8. The Bertz CT molecular complexity index is 959. The van der Waals surface area contributed by atoms with E-state index in [2.05, 4.69) is 4.98 Å². The van der Waals surface area contributed by atoms with Crippen molar-refractivity contribution < 1.29 is 19.4 Å². The summed E-state index contributed by atoms with van der Waals surface area (Å²) in [6.07, 6.45) is 3.41. The van der Waals surface area contributed by atoms with Crippen molar-refractivity contribution in [2.75, 3.05) is 6.79 Å². The van der Waals surface area contributed by atoms with Crippen LogP contribution in [-0.4, -0.2) is 27.3 Å². The fraction of sp³-hybridized carbons (Fsp3) is 0.250. The number of carboxylic acids is 1. The van der Waals surface area contributed by atoms with E-state index < -0.39 is 11.9 Å². The first-order valence-electron chi connectivity index (χ1n) is 7.34. The summed E-state index contributed by atoms with van der Waals surface area (Å²) in [7, 11) is 0. The summed E-state index contributed by atoms with van der Waals surface area (Å²) in [5.74, 6) is 0.258. The predicted molar refractivity (Wildman–Crippen MR) is 83.3 cm³/mol. The first kappa shape index (κ1) is 13.0. The average Bonchev–Trinajstić information content (AvgIpc) is 3.26. The van der Waals surface area contributed by atoms with Crippen molar-refractivity contribution in [1.29, 1.82) is 0 Å². The minimum Gasteiger partial charge on any atom is -0.481 e. The van der Waals surface area contributed by atoms with Crippen LogP contribution in [0.1, 0.15) is 22.9 Å². The Morgan fingerprint density at radius 1 is 1.35 bits per heavy atom. The highest BCUT2D eigenvalue weighted by Gasteiger charge is 2.33. The van der Waals surface area contributed by atoms with Crippen LogP contribution >= 0.6 is 11.3 Å². The van der Waals surface area contributed by atoms with Crippen molar-refractivity contribution in [2.24, 2.45) is 0 Å². The maximum atomic E-state index is 11.5. The van der Waals surface area contributed by atoms with Crippen LogP contribution in [0, 0.1) is 0 Å². The van der Waals surface area contributed by atoms with Crippen LogP contribution in [0.15, 0.2) is 24.4 Å². The molecule has 0 saturated heterocycles. The second-order valence-corrected chi connectivity index (χ2v) is 6.75. The maximum Gasteiger partial charge on any atom is 0.312 e. The Kier molecular flexibility index (Phi) is 2.52. The molecule has 0 amide bonds. The highest BCUT2D eigenvalue weighted by Crippen LogP contribution is 2.41. The third-order valence-electron chi connectivity index (χ3n) is 4.39. The van der Waals surface area contributed by atoms with Gasteiger partial charge in [0.25, 0.3) is 0 Å². The molecule has 0 fully saturated rings. The number of fused-ring (bicyclic) bond motifs is 4. The van der Waals surface area contributed by atoms with Crippen molar-refractivity contribution in [3.05, 3.63) is 35.0 Å². The van der Waals surface area contributed by atoms with E-state index in [0.717, 1.165) is 39.0 Å². The molecule has 3 aromatic rings. The maximum absolute atomic E-state index is 11.5. The van der Waals surface area contributed by atoms with Crippen molar-refractivity contribution in [1.82, 2.24) is 9.38 Å². The number of benzene rings is 1. The molecule has 0 radical (unpaired) electrons. The van der Waals surface area contributed by atoms with Crippen LogP contribution in [-0.2, 0) is 11.2 Å². The van der Waals surface area contributed by atoms with E-state index in [0.29, 0.717) is 12.2 Å². The Hall–Kier alpha value is -2.54. The average molecular weight is 328 g/mol.